The Kier molecular flexibility index (Phi) is 6.82. The van der Waals surface area contributed by atoms with E-state index in [0.29, 0.717) is 18.5 Å². The van der Waals surface area contributed by atoms with Gasteiger partial charge in [-0.1, -0.05) is 32.0 Å². The molecule has 4 nitrogen and oxygen atoms in total. The van der Waals surface area contributed by atoms with Gasteiger partial charge in [0.25, 0.3) is 0 Å². The zero-order chi connectivity index (χ0) is 14.1. The van der Waals surface area contributed by atoms with E-state index in [1.165, 1.54) is 0 Å². The molecule has 1 aromatic rings. The van der Waals surface area contributed by atoms with Crippen LogP contribution in [0.2, 0.25) is 0 Å². The molecule has 19 heavy (non-hydrogen) atoms. The summed E-state index contributed by atoms with van der Waals surface area (Å²) in [6.45, 7) is 4.57. The maximum absolute atomic E-state index is 12.8. The van der Waals surface area contributed by atoms with Crippen molar-refractivity contribution in [3.05, 3.63) is 30.3 Å². The molecule has 0 aliphatic carbocycles. The van der Waals surface area contributed by atoms with Gasteiger partial charge in [0.2, 0.25) is 7.37 Å². The Morgan fingerprint density at radius 1 is 1.11 bits per heavy atom. The highest BCUT2D eigenvalue weighted by Gasteiger charge is 2.29. The molecular formula is C14H21O4P. The molecule has 0 bridgehead atoms. The SMILES string of the molecule is CCCOC(=O)CP(=O)(OCCC)c1ccccc1. The molecule has 0 N–H and O–H groups in total. The largest absolute Gasteiger partial charge is 0.465 e. The van der Waals surface area contributed by atoms with Gasteiger partial charge in [-0.15, -0.1) is 0 Å². The monoisotopic (exact) mass is 284 g/mol. The van der Waals surface area contributed by atoms with E-state index >= 15 is 0 Å². The Morgan fingerprint density at radius 3 is 2.32 bits per heavy atom. The highest BCUT2D eigenvalue weighted by molar-refractivity contribution is 7.67. The minimum atomic E-state index is -3.16. The van der Waals surface area contributed by atoms with Crippen LogP contribution < -0.4 is 5.30 Å². The lowest BCUT2D eigenvalue weighted by Crippen LogP contribution is -2.18. The van der Waals surface area contributed by atoms with E-state index in [2.05, 4.69) is 0 Å². The Balaban J connectivity index is 2.82. The molecular weight excluding hydrogens is 263 g/mol. The van der Waals surface area contributed by atoms with E-state index in [9.17, 15) is 9.36 Å². The van der Waals surface area contributed by atoms with Gasteiger partial charge in [0.1, 0.15) is 6.16 Å². The highest BCUT2D eigenvalue weighted by atomic mass is 31.2. The fraction of sp³-hybridized carbons (Fsp3) is 0.500. The first-order chi connectivity index (χ1) is 9.12. The summed E-state index contributed by atoms with van der Waals surface area (Å²) in [6.07, 6.45) is 1.30. The molecule has 0 spiro atoms. The molecule has 1 rings (SSSR count). The van der Waals surface area contributed by atoms with Crippen LogP contribution in [0, 0.1) is 0 Å². The molecule has 1 aromatic carbocycles. The van der Waals surface area contributed by atoms with Gasteiger partial charge in [0, 0.05) is 5.30 Å². The summed E-state index contributed by atoms with van der Waals surface area (Å²) in [5.74, 6) is -0.467. The van der Waals surface area contributed by atoms with Crippen molar-refractivity contribution in [1.82, 2.24) is 0 Å². The van der Waals surface area contributed by atoms with Crippen molar-refractivity contribution in [2.24, 2.45) is 0 Å². The third-order valence-electron chi connectivity index (χ3n) is 2.46. The Bertz CT molecular complexity index is 430. The zero-order valence-electron chi connectivity index (χ0n) is 11.5. The number of hydrogen-bond donors (Lipinski definition) is 0. The summed E-state index contributed by atoms with van der Waals surface area (Å²) in [5.41, 5.74) is 0. The minimum absolute atomic E-state index is 0.197. The third-order valence-corrected chi connectivity index (χ3v) is 4.82. The fourth-order valence-corrected chi connectivity index (χ4v) is 3.49. The molecule has 0 aromatic heterocycles. The number of carbonyl (C=O) groups excluding carboxylic acids is 1. The van der Waals surface area contributed by atoms with Crippen molar-refractivity contribution in [3.63, 3.8) is 0 Å². The minimum Gasteiger partial charge on any atom is -0.465 e. The van der Waals surface area contributed by atoms with E-state index < -0.39 is 13.3 Å². The van der Waals surface area contributed by atoms with Crippen LogP contribution in [0.15, 0.2) is 30.3 Å². The second kappa shape index (κ2) is 8.13. The van der Waals surface area contributed by atoms with Crippen LogP contribution in [-0.2, 0) is 18.6 Å². The van der Waals surface area contributed by atoms with Gasteiger partial charge >= 0.3 is 5.97 Å². The van der Waals surface area contributed by atoms with Gasteiger partial charge in [-0.3, -0.25) is 9.36 Å². The zero-order valence-corrected chi connectivity index (χ0v) is 12.4. The van der Waals surface area contributed by atoms with Crippen LogP contribution in [0.4, 0.5) is 0 Å². The molecule has 0 aliphatic rings. The molecule has 0 heterocycles. The van der Waals surface area contributed by atoms with Gasteiger partial charge in [-0.05, 0) is 25.0 Å². The summed E-state index contributed by atoms with van der Waals surface area (Å²) in [4.78, 5) is 11.7. The van der Waals surface area contributed by atoms with Crippen LogP contribution in [-0.4, -0.2) is 25.3 Å². The molecule has 1 unspecified atom stereocenters. The quantitative estimate of drug-likeness (QED) is 0.544. The molecule has 0 amide bonds. The molecule has 106 valence electrons. The number of hydrogen-bond acceptors (Lipinski definition) is 4. The predicted molar refractivity (Wildman–Crippen MR) is 76.0 cm³/mol. The van der Waals surface area contributed by atoms with Gasteiger partial charge in [-0.2, -0.15) is 0 Å². The number of benzene rings is 1. The van der Waals surface area contributed by atoms with Crippen molar-refractivity contribution in [2.45, 2.75) is 26.7 Å². The smallest absolute Gasteiger partial charge is 0.315 e. The van der Waals surface area contributed by atoms with Crippen LogP contribution in [0.5, 0.6) is 0 Å². The Hall–Kier alpha value is -1.12. The van der Waals surface area contributed by atoms with Crippen LogP contribution >= 0.6 is 7.37 Å². The van der Waals surface area contributed by atoms with E-state index in [1.807, 2.05) is 19.9 Å². The number of carbonyl (C=O) groups is 1. The first kappa shape index (κ1) is 15.9. The summed E-state index contributed by atoms with van der Waals surface area (Å²) in [6, 6.07) is 8.86. The topological polar surface area (TPSA) is 52.6 Å². The number of esters is 1. The first-order valence-electron chi connectivity index (χ1n) is 6.57. The molecule has 5 heteroatoms. The third kappa shape index (κ3) is 5.17. The normalized spacial score (nSPS) is 13.8. The maximum Gasteiger partial charge on any atom is 0.315 e. The predicted octanol–water partition coefficient (Wildman–Crippen LogP) is 2.97. The van der Waals surface area contributed by atoms with Crippen molar-refractivity contribution < 1.29 is 18.6 Å². The maximum atomic E-state index is 12.8. The average Bonchev–Trinajstić information content (AvgIpc) is 2.44. The van der Waals surface area contributed by atoms with Crippen LogP contribution in [0.1, 0.15) is 26.7 Å². The second-order valence-electron chi connectivity index (χ2n) is 4.22. The highest BCUT2D eigenvalue weighted by Crippen LogP contribution is 2.45. The van der Waals surface area contributed by atoms with Crippen molar-refractivity contribution in [2.75, 3.05) is 19.4 Å². The standard InChI is InChI=1S/C14H21O4P/c1-3-10-17-14(15)12-19(16,18-11-4-2)13-8-6-5-7-9-13/h5-9H,3-4,10-12H2,1-2H3. The summed E-state index contributed by atoms with van der Waals surface area (Å²) in [5, 5.41) is 0.567. The summed E-state index contributed by atoms with van der Waals surface area (Å²) < 4.78 is 23.3. The molecule has 1 atom stereocenters. The van der Waals surface area contributed by atoms with Gasteiger partial charge in [0.15, 0.2) is 0 Å². The van der Waals surface area contributed by atoms with E-state index in [-0.39, 0.29) is 6.16 Å². The fourth-order valence-electron chi connectivity index (χ4n) is 1.54. The van der Waals surface area contributed by atoms with Gasteiger partial charge in [-0.25, -0.2) is 0 Å². The molecule has 0 saturated heterocycles. The number of ether oxygens (including phenoxy) is 1. The molecule has 0 radical (unpaired) electrons. The van der Waals surface area contributed by atoms with Crippen LogP contribution in [0.25, 0.3) is 0 Å². The lowest BCUT2D eigenvalue weighted by Gasteiger charge is -2.18. The molecule has 0 saturated carbocycles. The van der Waals surface area contributed by atoms with Gasteiger partial charge in [0.05, 0.1) is 13.2 Å². The number of rotatable bonds is 8. The van der Waals surface area contributed by atoms with E-state index in [1.54, 1.807) is 24.3 Å². The van der Waals surface area contributed by atoms with Gasteiger partial charge < -0.3 is 9.26 Å². The lowest BCUT2D eigenvalue weighted by atomic mass is 10.4. The lowest BCUT2D eigenvalue weighted by molar-refractivity contribution is -0.140. The Labute approximate surface area is 114 Å². The van der Waals surface area contributed by atoms with Crippen molar-refractivity contribution >= 4 is 18.6 Å². The molecule has 0 fully saturated rings. The van der Waals surface area contributed by atoms with E-state index in [0.717, 1.165) is 12.8 Å². The molecule has 0 aliphatic heterocycles. The first-order valence-corrected chi connectivity index (χ1v) is 8.38. The van der Waals surface area contributed by atoms with Crippen molar-refractivity contribution in [3.8, 4) is 0 Å². The average molecular weight is 284 g/mol. The Morgan fingerprint density at radius 2 is 1.74 bits per heavy atom. The summed E-state index contributed by atoms with van der Waals surface area (Å²) in [7, 11) is -3.16. The van der Waals surface area contributed by atoms with Crippen LogP contribution in [0.3, 0.4) is 0 Å². The van der Waals surface area contributed by atoms with E-state index in [4.69, 9.17) is 9.26 Å². The second-order valence-corrected chi connectivity index (χ2v) is 6.66. The summed E-state index contributed by atoms with van der Waals surface area (Å²) >= 11 is 0. The van der Waals surface area contributed by atoms with Crippen molar-refractivity contribution in [1.29, 1.82) is 0 Å².